The molecule has 3 rings (SSSR count). The summed E-state index contributed by atoms with van der Waals surface area (Å²) in [6.07, 6.45) is 7.38. The number of aliphatic hydroxyl groups is 1. The van der Waals surface area contributed by atoms with Gasteiger partial charge < -0.3 is 10.4 Å². The molecule has 0 radical (unpaired) electrons. The topological polar surface area (TPSA) is 81.8 Å². The van der Waals surface area contributed by atoms with Crippen LogP contribution in [0.4, 0.5) is 5.82 Å². The van der Waals surface area contributed by atoms with Crippen LogP contribution in [-0.4, -0.2) is 27.2 Å². The molecule has 1 aromatic rings. The monoisotopic (exact) mass is 258 g/mol. The van der Waals surface area contributed by atoms with E-state index in [9.17, 15) is 5.11 Å². The van der Waals surface area contributed by atoms with Gasteiger partial charge >= 0.3 is 0 Å². The minimum absolute atomic E-state index is 0.169. The van der Waals surface area contributed by atoms with Crippen LogP contribution in [0.3, 0.4) is 0 Å². The molecule has 2 fully saturated rings. The summed E-state index contributed by atoms with van der Waals surface area (Å²) in [5, 5.41) is 22.0. The SMILES string of the molecule is N#Cc1ncc(C2CC2)nc1NC1CCC(O)CC1. The molecule has 0 saturated heterocycles. The van der Waals surface area contributed by atoms with E-state index < -0.39 is 0 Å². The van der Waals surface area contributed by atoms with Crippen LogP contribution in [0.15, 0.2) is 6.20 Å². The van der Waals surface area contributed by atoms with Crippen molar-refractivity contribution in [3.05, 3.63) is 17.6 Å². The maximum atomic E-state index is 9.51. The van der Waals surface area contributed by atoms with E-state index in [4.69, 9.17) is 5.26 Å². The van der Waals surface area contributed by atoms with E-state index in [-0.39, 0.29) is 6.10 Å². The number of anilines is 1. The molecule has 5 nitrogen and oxygen atoms in total. The molecule has 2 aliphatic rings. The normalized spacial score (nSPS) is 26.7. The second kappa shape index (κ2) is 5.14. The van der Waals surface area contributed by atoms with Crippen LogP contribution in [-0.2, 0) is 0 Å². The van der Waals surface area contributed by atoms with Crippen LogP contribution in [0.2, 0.25) is 0 Å². The third kappa shape index (κ3) is 2.85. The zero-order chi connectivity index (χ0) is 13.2. The fourth-order valence-electron chi connectivity index (χ4n) is 2.57. The molecule has 0 unspecified atom stereocenters. The van der Waals surface area contributed by atoms with Gasteiger partial charge in [-0.05, 0) is 38.5 Å². The van der Waals surface area contributed by atoms with E-state index in [2.05, 4.69) is 21.4 Å². The van der Waals surface area contributed by atoms with Gasteiger partial charge in [0, 0.05) is 12.0 Å². The third-order valence-corrected chi connectivity index (χ3v) is 3.93. The van der Waals surface area contributed by atoms with E-state index in [1.165, 1.54) is 12.8 Å². The highest BCUT2D eigenvalue weighted by Gasteiger charge is 2.27. The Hall–Kier alpha value is -1.67. The first kappa shape index (κ1) is 12.4. The minimum atomic E-state index is -0.169. The zero-order valence-corrected chi connectivity index (χ0v) is 10.8. The molecule has 1 heterocycles. The molecule has 0 aliphatic heterocycles. The van der Waals surface area contributed by atoms with Gasteiger partial charge in [0.15, 0.2) is 11.5 Å². The molecule has 0 bridgehead atoms. The van der Waals surface area contributed by atoms with Gasteiger partial charge in [-0.3, -0.25) is 0 Å². The Morgan fingerprint density at radius 1 is 1.21 bits per heavy atom. The molecule has 2 aliphatic carbocycles. The Kier molecular flexibility index (Phi) is 3.34. The lowest BCUT2D eigenvalue weighted by molar-refractivity contribution is 0.126. The maximum Gasteiger partial charge on any atom is 0.183 e. The van der Waals surface area contributed by atoms with Crippen molar-refractivity contribution in [3.63, 3.8) is 0 Å². The van der Waals surface area contributed by atoms with Crippen molar-refractivity contribution in [3.8, 4) is 6.07 Å². The molecule has 0 amide bonds. The van der Waals surface area contributed by atoms with E-state index in [1.54, 1.807) is 6.20 Å². The van der Waals surface area contributed by atoms with Gasteiger partial charge in [0.2, 0.25) is 0 Å². The molecule has 2 N–H and O–H groups in total. The van der Waals surface area contributed by atoms with Crippen molar-refractivity contribution in [1.82, 2.24) is 9.97 Å². The minimum Gasteiger partial charge on any atom is -0.393 e. The highest BCUT2D eigenvalue weighted by atomic mass is 16.3. The molecule has 0 spiro atoms. The summed E-state index contributed by atoms with van der Waals surface area (Å²) in [5.74, 6) is 1.15. The average molecular weight is 258 g/mol. The van der Waals surface area contributed by atoms with Gasteiger partial charge in [-0.25, -0.2) is 9.97 Å². The number of hydrogen-bond acceptors (Lipinski definition) is 5. The summed E-state index contributed by atoms with van der Waals surface area (Å²) in [6.45, 7) is 0. The number of nitrogens with one attached hydrogen (secondary N) is 1. The van der Waals surface area contributed by atoms with Crippen LogP contribution in [0.25, 0.3) is 0 Å². The Balaban J connectivity index is 1.75. The standard InChI is InChI=1S/C14H18N4O/c15-7-12-14(17-10-3-5-11(19)6-4-10)18-13(8-16-12)9-1-2-9/h8-11,19H,1-6H2,(H,17,18). The Morgan fingerprint density at radius 2 is 1.95 bits per heavy atom. The summed E-state index contributed by atoms with van der Waals surface area (Å²) in [4.78, 5) is 8.76. The van der Waals surface area contributed by atoms with E-state index in [0.717, 1.165) is 31.4 Å². The van der Waals surface area contributed by atoms with Crippen molar-refractivity contribution in [1.29, 1.82) is 5.26 Å². The van der Waals surface area contributed by atoms with Crippen LogP contribution in [0, 0.1) is 11.3 Å². The summed E-state index contributed by atoms with van der Waals surface area (Å²) in [5.41, 5.74) is 1.37. The van der Waals surface area contributed by atoms with Gasteiger partial charge in [0.25, 0.3) is 0 Å². The quantitative estimate of drug-likeness (QED) is 0.865. The molecule has 100 valence electrons. The molecule has 19 heavy (non-hydrogen) atoms. The van der Waals surface area contributed by atoms with Crippen molar-refractivity contribution in [2.75, 3.05) is 5.32 Å². The molecule has 2 saturated carbocycles. The smallest absolute Gasteiger partial charge is 0.183 e. The first-order chi connectivity index (χ1) is 9.26. The first-order valence-corrected chi connectivity index (χ1v) is 6.98. The Bertz CT molecular complexity index is 499. The van der Waals surface area contributed by atoms with Gasteiger partial charge in [-0.2, -0.15) is 5.26 Å². The van der Waals surface area contributed by atoms with Crippen LogP contribution < -0.4 is 5.32 Å². The highest BCUT2D eigenvalue weighted by Crippen LogP contribution is 2.39. The summed E-state index contributed by atoms with van der Waals surface area (Å²) < 4.78 is 0. The van der Waals surface area contributed by atoms with Gasteiger partial charge in [-0.15, -0.1) is 0 Å². The largest absolute Gasteiger partial charge is 0.393 e. The molecular formula is C14H18N4O. The zero-order valence-electron chi connectivity index (χ0n) is 10.8. The van der Waals surface area contributed by atoms with E-state index >= 15 is 0 Å². The van der Waals surface area contributed by atoms with Crippen LogP contribution in [0.5, 0.6) is 0 Å². The molecule has 0 atom stereocenters. The number of hydrogen-bond donors (Lipinski definition) is 2. The second-order valence-electron chi connectivity index (χ2n) is 5.53. The Morgan fingerprint density at radius 3 is 2.58 bits per heavy atom. The maximum absolute atomic E-state index is 9.51. The Labute approximate surface area is 112 Å². The highest BCUT2D eigenvalue weighted by molar-refractivity contribution is 5.48. The summed E-state index contributed by atoms with van der Waals surface area (Å²) in [6, 6.07) is 2.39. The summed E-state index contributed by atoms with van der Waals surface area (Å²) in [7, 11) is 0. The van der Waals surface area contributed by atoms with E-state index in [0.29, 0.717) is 23.5 Å². The fourth-order valence-corrected chi connectivity index (χ4v) is 2.57. The van der Waals surface area contributed by atoms with Gasteiger partial charge in [0.1, 0.15) is 6.07 Å². The lowest BCUT2D eigenvalue weighted by Gasteiger charge is -2.26. The van der Waals surface area contributed by atoms with Crippen molar-refractivity contribution < 1.29 is 5.11 Å². The van der Waals surface area contributed by atoms with E-state index in [1.807, 2.05) is 0 Å². The predicted molar refractivity (Wildman–Crippen MR) is 70.6 cm³/mol. The lowest BCUT2D eigenvalue weighted by atomic mass is 9.93. The van der Waals surface area contributed by atoms with Crippen molar-refractivity contribution >= 4 is 5.82 Å². The molecule has 1 aromatic heterocycles. The fraction of sp³-hybridized carbons (Fsp3) is 0.643. The lowest BCUT2D eigenvalue weighted by Crippen LogP contribution is -2.29. The molecular weight excluding hydrogens is 240 g/mol. The van der Waals surface area contributed by atoms with Crippen molar-refractivity contribution in [2.45, 2.75) is 56.6 Å². The van der Waals surface area contributed by atoms with Crippen molar-refractivity contribution in [2.24, 2.45) is 0 Å². The number of nitriles is 1. The summed E-state index contributed by atoms with van der Waals surface area (Å²) >= 11 is 0. The molecule has 0 aromatic carbocycles. The average Bonchev–Trinajstić information content (AvgIpc) is 3.26. The predicted octanol–water partition coefficient (Wildman–Crippen LogP) is 1.94. The van der Waals surface area contributed by atoms with Gasteiger partial charge in [-0.1, -0.05) is 0 Å². The second-order valence-corrected chi connectivity index (χ2v) is 5.53. The molecule has 5 heteroatoms. The van der Waals surface area contributed by atoms with Gasteiger partial charge in [0.05, 0.1) is 18.0 Å². The number of aliphatic hydroxyl groups excluding tert-OH is 1. The van der Waals surface area contributed by atoms with Crippen LogP contribution in [0.1, 0.15) is 55.8 Å². The third-order valence-electron chi connectivity index (χ3n) is 3.93. The number of aromatic nitrogens is 2. The van der Waals surface area contributed by atoms with Crippen LogP contribution >= 0.6 is 0 Å². The first-order valence-electron chi connectivity index (χ1n) is 6.98. The number of rotatable bonds is 3. The number of nitrogens with zero attached hydrogens (tertiary/aromatic N) is 3.